The number of aliphatic carboxylic acids is 4. The molecule has 0 radical (unpaired) electrons. The van der Waals surface area contributed by atoms with Gasteiger partial charge in [0.2, 0.25) is 47.3 Å². The minimum absolute atomic E-state index is 0.0637. The maximum Gasteiger partial charge on any atom is 0.326 e. The van der Waals surface area contributed by atoms with E-state index in [4.69, 9.17) is 10.2 Å². The summed E-state index contributed by atoms with van der Waals surface area (Å²) in [5, 5.41) is 64.4. The third kappa shape index (κ3) is 15.9. The zero-order chi connectivity index (χ0) is 49.4. The number of aliphatic hydroxyl groups excluding tert-OH is 1. The van der Waals surface area contributed by atoms with Gasteiger partial charge in [0, 0.05) is 32.4 Å². The van der Waals surface area contributed by atoms with Gasteiger partial charge >= 0.3 is 23.9 Å². The van der Waals surface area contributed by atoms with Crippen molar-refractivity contribution < 1.29 is 83.1 Å². The van der Waals surface area contributed by atoms with Crippen molar-refractivity contribution in [2.45, 2.75) is 158 Å². The van der Waals surface area contributed by atoms with Crippen LogP contribution < -0.4 is 37.2 Å². The average Bonchev–Trinajstić information content (AvgIpc) is 4.06. The highest BCUT2D eigenvalue weighted by atomic mass is 16.4. The van der Waals surface area contributed by atoms with Gasteiger partial charge in [0.1, 0.15) is 48.3 Å². The van der Waals surface area contributed by atoms with Crippen molar-refractivity contribution in [3.63, 3.8) is 0 Å². The molecular weight excluding hydrogens is 878 g/mol. The Morgan fingerprint density at radius 3 is 1.56 bits per heavy atom. The topological polar surface area (TPSA) is 397 Å². The van der Waals surface area contributed by atoms with Crippen LogP contribution in [0.5, 0.6) is 0 Å². The van der Waals surface area contributed by atoms with Crippen molar-refractivity contribution in [1.82, 2.24) is 47.0 Å². The van der Waals surface area contributed by atoms with E-state index in [9.17, 15) is 72.9 Å². The summed E-state index contributed by atoms with van der Waals surface area (Å²) in [4.78, 5) is 155. The number of rotatable bonds is 25. The van der Waals surface area contributed by atoms with Crippen LogP contribution in [0.15, 0.2) is 0 Å². The molecule has 12 N–H and O–H groups in total. The molecule has 8 amide bonds. The molecule has 0 aliphatic carbocycles. The standard InChI is InChI=1S/C40H61N9O17/c1-19(42-34(59)23(10-13-28(51)52)44-33(58)22-7-4-16-41-22)32(57)47-31(21(3)50)37(62)43-20(2)38(63)49-18-6-9-27(49)39(64)48-17-5-8-26(48)36(61)45-24(11-14-29(53)54)35(60)46-25(40(65)66)12-15-30(55)56/h19-27,31,41,50H,4-18H2,1-3H3,(H,42,59)(H,43,62)(H,44,58)(H,45,61)(H,46,60)(H,47,57)(H,51,52)(H,53,54)(H,55,56)(H,65,66)/t19-,20-,21+,22-,23-,24-,25-,26-,27-,31-/m0/s1. The van der Waals surface area contributed by atoms with Gasteiger partial charge in [0.05, 0.1) is 12.1 Å². The molecule has 0 unspecified atom stereocenters. The van der Waals surface area contributed by atoms with Crippen molar-refractivity contribution in [2.24, 2.45) is 0 Å². The lowest BCUT2D eigenvalue weighted by atomic mass is 10.1. The van der Waals surface area contributed by atoms with Gasteiger partial charge in [-0.1, -0.05) is 0 Å². The molecule has 3 saturated heterocycles. The number of hydrogen-bond donors (Lipinski definition) is 12. The lowest BCUT2D eigenvalue weighted by Gasteiger charge is -2.33. The first-order valence-electron chi connectivity index (χ1n) is 21.7. The summed E-state index contributed by atoms with van der Waals surface area (Å²) in [5.74, 6) is -12.1. The van der Waals surface area contributed by atoms with E-state index in [-0.39, 0.29) is 32.4 Å². The SMILES string of the molecule is C[C@H](NC(=O)[C@H](CCC(=O)O)NC(=O)[C@@H]1CCCN1)C(=O)N[C@H](C(=O)N[C@@H](C)C(=O)N1CCC[C@H]1C(=O)N1CCC[C@H]1C(=O)N[C@@H](CCC(=O)O)C(=O)N[C@@H](CCC(=O)O)C(=O)O)[C@@H](C)O. The number of nitrogens with zero attached hydrogens (tertiary/aromatic N) is 2. The summed E-state index contributed by atoms with van der Waals surface area (Å²) in [6.07, 6.45) is -2.30. The van der Waals surface area contributed by atoms with Crippen LogP contribution >= 0.6 is 0 Å². The van der Waals surface area contributed by atoms with Gasteiger partial charge in [-0.2, -0.15) is 0 Å². The van der Waals surface area contributed by atoms with Crippen LogP contribution in [0.4, 0.5) is 0 Å². The molecule has 3 aliphatic rings. The van der Waals surface area contributed by atoms with Crippen LogP contribution in [0, 0.1) is 0 Å². The summed E-state index contributed by atoms with van der Waals surface area (Å²) in [6.45, 7) is 4.46. The Morgan fingerprint density at radius 1 is 0.545 bits per heavy atom. The van der Waals surface area contributed by atoms with Gasteiger partial charge in [0.15, 0.2) is 0 Å². The fourth-order valence-corrected chi connectivity index (χ4v) is 7.78. The minimum Gasteiger partial charge on any atom is -0.481 e. The third-order valence-electron chi connectivity index (χ3n) is 11.4. The van der Waals surface area contributed by atoms with Crippen molar-refractivity contribution in [3.05, 3.63) is 0 Å². The summed E-state index contributed by atoms with van der Waals surface area (Å²) in [7, 11) is 0. The predicted octanol–water partition coefficient (Wildman–Crippen LogP) is -4.27. The normalized spacial score (nSPS) is 21.1. The molecule has 26 nitrogen and oxygen atoms in total. The maximum absolute atomic E-state index is 14.0. The number of hydrogen-bond acceptors (Lipinski definition) is 14. The largest absolute Gasteiger partial charge is 0.481 e. The molecule has 3 rings (SSSR count). The molecule has 0 aromatic rings. The number of carboxylic acid groups (broad SMARTS) is 4. The zero-order valence-corrected chi connectivity index (χ0v) is 36.9. The first kappa shape index (κ1) is 53.9. The lowest BCUT2D eigenvalue weighted by molar-refractivity contribution is -0.148. The molecule has 3 aliphatic heterocycles. The summed E-state index contributed by atoms with van der Waals surface area (Å²) < 4.78 is 0. The smallest absolute Gasteiger partial charge is 0.326 e. The van der Waals surface area contributed by atoms with Gasteiger partial charge in [-0.25, -0.2) is 4.79 Å². The minimum atomic E-state index is -1.67. The van der Waals surface area contributed by atoms with Crippen LogP contribution in [-0.2, 0) is 57.5 Å². The van der Waals surface area contributed by atoms with E-state index >= 15 is 0 Å². The number of amides is 8. The van der Waals surface area contributed by atoms with Gasteiger partial charge < -0.3 is 72.5 Å². The maximum atomic E-state index is 14.0. The molecule has 0 saturated carbocycles. The molecular formula is C40H61N9O17. The Bertz CT molecular complexity index is 1860. The Balaban J connectivity index is 1.65. The number of aliphatic hydroxyl groups is 1. The van der Waals surface area contributed by atoms with Crippen LogP contribution in [0.1, 0.15) is 97.8 Å². The van der Waals surface area contributed by atoms with E-state index in [1.165, 1.54) is 30.6 Å². The van der Waals surface area contributed by atoms with Gasteiger partial charge in [-0.05, 0) is 85.1 Å². The molecule has 0 bridgehead atoms. The Labute approximate surface area is 378 Å². The monoisotopic (exact) mass is 939 g/mol. The number of carboxylic acids is 4. The van der Waals surface area contributed by atoms with Crippen LogP contribution in [0.2, 0.25) is 0 Å². The highest BCUT2D eigenvalue weighted by molar-refractivity contribution is 5.98. The average molecular weight is 940 g/mol. The molecule has 3 heterocycles. The molecule has 0 aromatic heterocycles. The molecule has 0 aromatic carbocycles. The van der Waals surface area contributed by atoms with Crippen LogP contribution in [0.3, 0.4) is 0 Å². The molecule has 66 heavy (non-hydrogen) atoms. The molecule has 3 fully saturated rings. The first-order chi connectivity index (χ1) is 31.0. The molecule has 26 heteroatoms. The second kappa shape index (κ2) is 25.3. The lowest BCUT2D eigenvalue weighted by Crippen LogP contribution is -2.61. The number of carbonyl (C=O) groups excluding carboxylic acids is 8. The third-order valence-corrected chi connectivity index (χ3v) is 11.4. The van der Waals surface area contributed by atoms with Crippen LogP contribution in [-0.4, -0.2) is 187 Å². The van der Waals surface area contributed by atoms with Gasteiger partial charge in [0.25, 0.3) is 0 Å². The molecule has 368 valence electrons. The Hall–Kier alpha value is -6.44. The van der Waals surface area contributed by atoms with E-state index in [1.54, 1.807) is 0 Å². The van der Waals surface area contributed by atoms with E-state index in [2.05, 4.69) is 37.2 Å². The fourth-order valence-electron chi connectivity index (χ4n) is 7.78. The highest BCUT2D eigenvalue weighted by Crippen LogP contribution is 2.26. The van der Waals surface area contributed by atoms with Crippen molar-refractivity contribution in [1.29, 1.82) is 0 Å². The number of carbonyl (C=O) groups is 12. The fraction of sp³-hybridized carbons (Fsp3) is 0.700. The number of nitrogens with one attached hydrogen (secondary N) is 7. The molecule has 0 spiro atoms. The summed E-state index contributed by atoms with van der Waals surface area (Å²) in [5.41, 5.74) is 0. The van der Waals surface area contributed by atoms with Crippen molar-refractivity contribution in [2.75, 3.05) is 19.6 Å². The predicted molar refractivity (Wildman–Crippen MR) is 223 cm³/mol. The van der Waals surface area contributed by atoms with E-state index in [1.807, 2.05) is 0 Å². The Morgan fingerprint density at radius 2 is 1.05 bits per heavy atom. The second-order valence-corrected chi connectivity index (χ2v) is 16.5. The summed E-state index contributed by atoms with van der Waals surface area (Å²) >= 11 is 0. The van der Waals surface area contributed by atoms with E-state index < -0.39 is 164 Å². The highest BCUT2D eigenvalue weighted by Gasteiger charge is 2.44. The zero-order valence-electron chi connectivity index (χ0n) is 36.9. The summed E-state index contributed by atoms with van der Waals surface area (Å²) in [6, 6.07) is -11.8. The number of likely N-dealkylation sites (tertiary alicyclic amines) is 2. The van der Waals surface area contributed by atoms with Gasteiger partial charge in [-0.15, -0.1) is 0 Å². The van der Waals surface area contributed by atoms with Gasteiger partial charge in [-0.3, -0.25) is 52.7 Å². The van der Waals surface area contributed by atoms with E-state index in [0.717, 1.165) is 6.42 Å². The van der Waals surface area contributed by atoms with Crippen LogP contribution in [0.25, 0.3) is 0 Å². The first-order valence-corrected chi connectivity index (χ1v) is 21.7. The molecule has 10 atom stereocenters. The van der Waals surface area contributed by atoms with Crippen molar-refractivity contribution >= 4 is 71.1 Å². The quantitative estimate of drug-likeness (QED) is 0.0412. The Kier molecular flexibility index (Phi) is 20.7. The van der Waals surface area contributed by atoms with E-state index in [0.29, 0.717) is 25.8 Å². The second-order valence-electron chi connectivity index (χ2n) is 16.5. The van der Waals surface area contributed by atoms with Crippen molar-refractivity contribution in [3.8, 4) is 0 Å².